The molecule has 17 heavy (non-hydrogen) atoms. The van der Waals surface area contributed by atoms with Gasteiger partial charge in [-0.15, -0.1) is 0 Å². The van der Waals surface area contributed by atoms with E-state index in [-0.39, 0.29) is 0 Å². The van der Waals surface area contributed by atoms with Crippen LogP contribution in [0.4, 0.5) is 26.3 Å². The maximum Gasteiger partial charge on any atom is 0.480 e. The van der Waals surface area contributed by atoms with Crippen molar-refractivity contribution in [3.8, 4) is 0 Å². The fraction of sp³-hybridized carbons (Fsp3) is 1.00. The molecule has 0 aromatic heterocycles. The van der Waals surface area contributed by atoms with Gasteiger partial charge in [0, 0.05) is 0 Å². The van der Waals surface area contributed by atoms with Crippen LogP contribution in [0.2, 0.25) is 0 Å². The van der Waals surface area contributed by atoms with Gasteiger partial charge in [-0.2, -0.15) is 0 Å². The topological polar surface area (TPSA) is 44.8 Å². The minimum absolute atomic E-state index is 0.511. The lowest BCUT2D eigenvalue weighted by molar-refractivity contribution is -0.120. The second-order valence-electron chi connectivity index (χ2n) is 2.45. The Balaban J connectivity index is 4.61. The van der Waals surface area contributed by atoms with Gasteiger partial charge in [-0.3, -0.25) is 4.52 Å². The first kappa shape index (κ1) is 16.7. The van der Waals surface area contributed by atoms with Crippen LogP contribution < -0.4 is 0 Å². The van der Waals surface area contributed by atoms with Crippen molar-refractivity contribution in [2.45, 2.75) is 32.5 Å². The Hall–Kier alpha value is -0.310. The van der Waals surface area contributed by atoms with Crippen molar-refractivity contribution in [2.24, 2.45) is 0 Å². The molecule has 0 aromatic carbocycles. The highest BCUT2D eigenvalue weighted by atomic mass is 31.2. The van der Waals surface area contributed by atoms with Gasteiger partial charge in [0.2, 0.25) is 0 Å². The molecule has 0 aliphatic heterocycles. The van der Waals surface area contributed by atoms with Gasteiger partial charge >= 0.3 is 7.82 Å². The standard InChI is InChI=1S/C6H9F6O4P/c1-2-14-17(13,15-5(11)3(7)8)16-6(12)4(9)10/h3-6H,2H2,1H3. The second kappa shape index (κ2) is 7.20. The summed E-state index contributed by atoms with van der Waals surface area (Å²) >= 11 is 0. The maximum atomic E-state index is 12.4. The first-order valence-electron chi connectivity index (χ1n) is 4.17. The first-order valence-corrected chi connectivity index (χ1v) is 5.63. The molecule has 0 spiro atoms. The lowest BCUT2D eigenvalue weighted by Gasteiger charge is -2.20. The van der Waals surface area contributed by atoms with E-state index in [1.807, 2.05) is 0 Å². The van der Waals surface area contributed by atoms with E-state index in [1.165, 1.54) is 0 Å². The van der Waals surface area contributed by atoms with Crippen LogP contribution in [0.1, 0.15) is 6.92 Å². The Morgan fingerprint density at radius 2 is 1.29 bits per heavy atom. The normalized spacial score (nSPS) is 19.4. The summed E-state index contributed by atoms with van der Waals surface area (Å²) in [7, 11) is -5.15. The number of rotatable bonds is 8. The van der Waals surface area contributed by atoms with Gasteiger partial charge in [-0.1, -0.05) is 0 Å². The predicted molar refractivity (Wildman–Crippen MR) is 43.2 cm³/mol. The van der Waals surface area contributed by atoms with Crippen molar-refractivity contribution in [2.75, 3.05) is 6.61 Å². The molecule has 0 heterocycles. The van der Waals surface area contributed by atoms with Crippen LogP contribution in [0.3, 0.4) is 0 Å². The minimum atomic E-state index is -5.15. The number of alkyl halides is 6. The molecule has 104 valence electrons. The highest BCUT2D eigenvalue weighted by molar-refractivity contribution is 7.48. The van der Waals surface area contributed by atoms with Crippen molar-refractivity contribution in [3.05, 3.63) is 0 Å². The van der Waals surface area contributed by atoms with E-state index < -0.39 is 40.0 Å². The summed E-state index contributed by atoms with van der Waals surface area (Å²) in [5.41, 5.74) is 0. The Labute approximate surface area is 92.4 Å². The van der Waals surface area contributed by atoms with Gasteiger partial charge in [0.1, 0.15) is 0 Å². The third kappa shape index (κ3) is 6.25. The fourth-order valence-electron chi connectivity index (χ4n) is 0.582. The first-order chi connectivity index (χ1) is 7.72. The number of hydrogen-bond acceptors (Lipinski definition) is 4. The summed E-state index contributed by atoms with van der Waals surface area (Å²) in [5, 5.41) is 0. The van der Waals surface area contributed by atoms with E-state index in [1.54, 1.807) is 0 Å². The van der Waals surface area contributed by atoms with E-state index in [0.717, 1.165) is 6.92 Å². The van der Waals surface area contributed by atoms with Crippen LogP contribution in [-0.4, -0.2) is 32.2 Å². The van der Waals surface area contributed by atoms with Crippen molar-refractivity contribution in [1.82, 2.24) is 0 Å². The number of phosphoric ester groups is 1. The van der Waals surface area contributed by atoms with E-state index in [2.05, 4.69) is 13.6 Å². The van der Waals surface area contributed by atoms with Crippen LogP contribution in [0.5, 0.6) is 0 Å². The molecule has 0 N–H and O–H groups in total. The molecule has 0 amide bonds. The van der Waals surface area contributed by atoms with Crippen LogP contribution in [0.15, 0.2) is 0 Å². The van der Waals surface area contributed by atoms with Crippen LogP contribution in [0.25, 0.3) is 0 Å². The molecule has 0 saturated heterocycles. The van der Waals surface area contributed by atoms with Gasteiger partial charge in [0.05, 0.1) is 6.61 Å². The Kier molecular flexibility index (Phi) is 7.07. The molecule has 2 unspecified atom stereocenters. The molecule has 0 aliphatic carbocycles. The molecule has 11 heteroatoms. The van der Waals surface area contributed by atoms with Gasteiger partial charge < -0.3 is 0 Å². The fourth-order valence-corrected chi connectivity index (χ4v) is 1.75. The lowest BCUT2D eigenvalue weighted by atomic mass is 10.7. The summed E-state index contributed by atoms with van der Waals surface area (Å²) in [6.45, 7) is 0.647. The average Bonchev–Trinajstić information content (AvgIpc) is 2.16. The van der Waals surface area contributed by atoms with E-state index in [9.17, 15) is 30.9 Å². The smallest absolute Gasteiger partial charge is 0.287 e. The summed E-state index contributed by atoms with van der Waals surface area (Å²) < 4.78 is 93.9. The Morgan fingerprint density at radius 1 is 0.941 bits per heavy atom. The summed E-state index contributed by atoms with van der Waals surface area (Å²) in [5.74, 6) is 0. The molecule has 0 aliphatic rings. The molecule has 0 bridgehead atoms. The highest BCUT2D eigenvalue weighted by Gasteiger charge is 2.39. The van der Waals surface area contributed by atoms with Crippen molar-refractivity contribution in [1.29, 1.82) is 0 Å². The number of phosphoric acid groups is 1. The van der Waals surface area contributed by atoms with E-state index >= 15 is 0 Å². The van der Waals surface area contributed by atoms with Gasteiger partial charge in [0.15, 0.2) is 0 Å². The highest BCUT2D eigenvalue weighted by Crippen LogP contribution is 2.53. The van der Waals surface area contributed by atoms with E-state index in [0.29, 0.717) is 0 Å². The molecule has 0 saturated carbocycles. The van der Waals surface area contributed by atoms with Crippen molar-refractivity contribution in [3.63, 3.8) is 0 Å². The molecule has 2 atom stereocenters. The zero-order chi connectivity index (χ0) is 13.6. The number of hydrogen-bond donors (Lipinski definition) is 0. The largest absolute Gasteiger partial charge is 0.480 e. The molecule has 0 radical (unpaired) electrons. The van der Waals surface area contributed by atoms with Gasteiger partial charge in [-0.05, 0) is 6.92 Å². The Bertz CT molecular complexity index is 245. The van der Waals surface area contributed by atoms with E-state index in [4.69, 9.17) is 0 Å². The van der Waals surface area contributed by atoms with Gasteiger partial charge in [0.25, 0.3) is 25.6 Å². The predicted octanol–water partition coefficient (Wildman–Crippen LogP) is 3.29. The summed E-state index contributed by atoms with van der Waals surface area (Å²) in [4.78, 5) is 0. The lowest BCUT2D eigenvalue weighted by Crippen LogP contribution is -2.21. The average molecular weight is 290 g/mol. The second-order valence-corrected chi connectivity index (χ2v) is 4.02. The zero-order valence-electron chi connectivity index (χ0n) is 8.36. The van der Waals surface area contributed by atoms with Crippen LogP contribution in [0, 0.1) is 0 Å². The minimum Gasteiger partial charge on any atom is -0.287 e. The molecule has 0 aromatic rings. The monoisotopic (exact) mass is 290 g/mol. The van der Waals surface area contributed by atoms with Gasteiger partial charge in [-0.25, -0.2) is 40.0 Å². The zero-order valence-corrected chi connectivity index (χ0v) is 9.26. The molecular formula is C6H9F6O4P. The quantitative estimate of drug-likeness (QED) is 0.508. The maximum absolute atomic E-state index is 12.4. The third-order valence-electron chi connectivity index (χ3n) is 1.14. The molecular weight excluding hydrogens is 281 g/mol. The SMILES string of the molecule is CCOP(=O)(OC(F)C(F)F)OC(F)C(F)F. The van der Waals surface area contributed by atoms with Crippen molar-refractivity contribution < 1.29 is 44.5 Å². The van der Waals surface area contributed by atoms with Crippen LogP contribution >= 0.6 is 7.82 Å². The number of halogens is 6. The summed E-state index contributed by atoms with van der Waals surface area (Å²) in [6, 6.07) is 0. The Morgan fingerprint density at radius 3 is 1.53 bits per heavy atom. The third-order valence-corrected chi connectivity index (χ3v) is 2.64. The van der Waals surface area contributed by atoms with Crippen LogP contribution in [-0.2, 0) is 18.1 Å². The molecule has 4 nitrogen and oxygen atoms in total. The summed E-state index contributed by atoms with van der Waals surface area (Å²) in [6.07, 6.45) is -14.2. The van der Waals surface area contributed by atoms with Crippen molar-refractivity contribution >= 4 is 7.82 Å². The molecule has 0 fully saturated rings. The molecule has 0 rings (SSSR count).